The van der Waals surface area contributed by atoms with E-state index in [9.17, 15) is 0 Å². The standard InChI is InChI=1S/C19H24N6O/c1-15(2)25-10-16(7-22-25)9-23-11-17-8-20-14-24(17)18(12-23)13-26-19-5-3-4-6-21-19/h3-8,10,14-15,18H,9,11-13H2,1-2H3/t18-/m1/s1. The first-order chi connectivity index (χ1) is 12.7. The fourth-order valence-electron chi connectivity index (χ4n) is 3.33. The first kappa shape index (κ1) is 16.8. The second-order valence-corrected chi connectivity index (χ2v) is 7.02. The van der Waals surface area contributed by atoms with Gasteiger partial charge in [0, 0.05) is 55.9 Å². The number of aromatic nitrogens is 5. The van der Waals surface area contributed by atoms with Crippen molar-refractivity contribution in [2.45, 2.75) is 39.0 Å². The lowest BCUT2D eigenvalue weighted by Crippen LogP contribution is -2.38. The summed E-state index contributed by atoms with van der Waals surface area (Å²) in [5.41, 5.74) is 2.44. The molecule has 4 heterocycles. The van der Waals surface area contributed by atoms with Crippen LogP contribution in [-0.2, 0) is 13.1 Å². The Hall–Kier alpha value is -2.67. The SMILES string of the molecule is CC(C)n1cc(CN2Cc3cncn3[C@@H](COc3ccccn3)C2)cn1. The van der Waals surface area contributed by atoms with Gasteiger partial charge in [-0.05, 0) is 19.9 Å². The lowest BCUT2D eigenvalue weighted by molar-refractivity contribution is 0.134. The Morgan fingerprint density at radius 1 is 1.27 bits per heavy atom. The van der Waals surface area contributed by atoms with Crippen LogP contribution in [0.3, 0.4) is 0 Å². The molecule has 3 aromatic heterocycles. The van der Waals surface area contributed by atoms with Crippen molar-refractivity contribution >= 4 is 0 Å². The number of rotatable bonds is 6. The van der Waals surface area contributed by atoms with Gasteiger partial charge in [-0.15, -0.1) is 0 Å². The zero-order valence-electron chi connectivity index (χ0n) is 15.2. The molecule has 7 nitrogen and oxygen atoms in total. The molecule has 3 aromatic rings. The lowest BCUT2D eigenvalue weighted by atomic mass is 10.2. The van der Waals surface area contributed by atoms with Crippen LogP contribution in [0.15, 0.2) is 49.3 Å². The van der Waals surface area contributed by atoms with Crippen molar-refractivity contribution < 1.29 is 4.74 Å². The van der Waals surface area contributed by atoms with Crippen molar-refractivity contribution in [2.24, 2.45) is 0 Å². The Morgan fingerprint density at radius 3 is 2.96 bits per heavy atom. The van der Waals surface area contributed by atoms with Crippen molar-refractivity contribution in [3.63, 3.8) is 0 Å². The molecule has 0 saturated carbocycles. The summed E-state index contributed by atoms with van der Waals surface area (Å²) in [6, 6.07) is 6.30. The molecule has 0 fully saturated rings. The highest BCUT2D eigenvalue weighted by molar-refractivity contribution is 5.11. The van der Waals surface area contributed by atoms with Gasteiger partial charge in [-0.3, -0.25) is 9.58 Å². The van der Waals surface area contributed by atoms with Crippen LogP contribution in [0.1, 0.15) is 37.2 Å². The third-order valence-corrected chi connectivity index (χ3v) is 4.65. The van der Waals surface area contributed by atoms with Crippen molar-refractivity contribution in [3.8, 4) is 5.88 Å². The summed E-state index contributed by atoms with van der Waals surface area (Å²) in [7, 11) is 0. The van der Waals surface area contributed by atoms with Crippen molar-refractivity contribution in [1.82, 2.24) is 29.2 Å². The van der Waals surface area contributed by atoms with E-state index >= 15 is 0 Å². The summed E-state index contributed by atoms with van der Waals surface area (Å²) in [5.74, 6) is 0.657. The first-order valence-electron chi connectivity index (χ1n) is 8.99. The minimum absolute atomic E-state index is 0.211. The molecule has 26 heavy (non-hydrogen) atoms. The van der Waals surface area contributed by atoms with Crippen LogP contribution in [0.2, 0.25) is 0 Å². The smallest absolute Gasteiger partial charge is 0.213 e. The molecule has 0 amide bonds. The summed E-state index contributed by atoms with van der Waals surface area (Å²) in [6.07, 6.45) is 9.69. The molecule has 0 aliphatic carbocycles. The topological polar surface area (TPSA) is 61.0 Å². The van der Waals surface area contributed by atoms with Gasteiger partial charge < -0.3 is 9.30 Å². The van der Waals surface area contributed by atoms with Crippen LogP contribution in [0.25, 0.3) is 0 Å². The van der Waals surface area contributed by atoms with Gasteiger partial charge in [0.1, 0.15) is 6.61 Å². The van der Waals surface area contributed by atoms with Crippen molar-refractivity contribution in [3.05, 3.63) is 60.6 Å². The highest BCUT2D eigenvalue weighted by atomic mass is 16.5. The summed E-state index contributed by atoms with van der Waals surface area (Å²) in [5, 5.41) is 4.45. The molecular weight excluding hydrogens is 328 g/mol. The Kier molecular flexibility index (Phi) is 4.71. The number of pyridine rings is 1. The number of fused-ring (bicyclic) bond motifs is 1. The van der Waals surface area contributed by atoms with Crippen molar-refractivity contribution in [1.29, 1.82) is 0 Å². The Bertz CT molecular complexity index is 841. The second kappa shape index (κ2) is 7.29. The quantitative estimate of drug-likeness (QED) is 0.683. The second-order valence-electron chi connectivity index (χ2n) is 7.02. The Balaban J connectivity index is 1.45. The van der Waals surface area contributed by atoms with E-state index in [-0.39, 0.29) is 6.04 Å². The maximum atomic E-state index is 5.90. The highest BCUT2D eigenvalue weighted by Crippen LogP contribution is 2.23. The number of ether oxygens (including phenoxy) is 1. The lowest BCUT2D eigenvalue weighted by Gasteiger charge is -2.34. The number of hydrogen-bond acceptors (Lipinski definition) is 5. The van der Waals surface area contributed by atoms with Gasteiger partial charge in [0.15, 0.2) is 0 Å². The molecule has 136 valence electrons. The molecule has 0 radical (unpaired) electrons. The van der Waals surface area contributed by atoms with E-state index in [4.69, 9.17) is 4.74 Å². The van der Waals surface area contributed by atoms with Crippen LogP contribution < -0.4 is 4.74 Å². The van der Waals surface area contributed by atoms with E-state index in [1.54, 1.807) is 6.20 Å². The third-order valence-electron chi connectivity index (χ3n) is 4.65. The predicted molar refractivity (Wildman–Crippen MR) is 97.7 cm³/mol. The summed E-state index contributed by atoms with van der Waals surface area (Å²) in [4.78, 5) is 11.0. The fourth-order valence-corrected chi connectivity index (χ4v) is 3.33. The molecule has 0 saturated heterocycles. The molecule has 0 unspecified atom stereocenters. The minimum Gasteiger partial charge on any atom is -0.475 e. The third kappa shape index (κ3) is 3.62. The summed E-state index contributed by atoms with van der Waals surface area (Å²) < 4.78 is 10.1. The largest absolute Gasteiger partial charge is 0.475 e. The minimum atomic E-state index is 0.211. The van der Waals surface area contributed by atoms with Crippen LogP contribution in [0.5, 0.6) is 5.88 Å². The molecule has 0 N–H and O–H groups in total. The Morgan fingerprint density at radius 2 is 2.19 bits per heavy atom. The van der Waals surface area contributed by atoms with Gasteiger partial charge in [0.25, 0.3) is 0 Å². The molecule has 1 aliphatic rings. The van der Waals surface area contributed by atoms with Crippen molar-refractivity contribution in [2.75, 3.05) is 13.2 Å². The first-order valence-corrected chi connectivity index (χ1v) is 8.99. The van der Waals surface area contributed by atoms with Gasteiger partial charge in [-0.2, -0.15) is 5.10 Å². The molecule has 0 aromatic carbocycles. The van der Waals surface area contributed by atoms with E-state index in [0.29, 0.717) is 18.5 Å². The van der Waals surface area contributed by atoms with E-state index in [1.807, 2.05) is 41.6 Å². The average Bonchev–Trinajstić information content (AvgIpc) is 3.30. The maximum absolute atomic E-state index is 5.90. The van der Waals surface area contributed by atoms with Crippen LogP contribution in [0, 0.1) is 0 Å². The maximum Gasteiger partial charge on any atom is 0.213 e. The zero-order valence-corrected chi connectivity index (χ0v) is 15.2. The van der Waals surface area contributed by atoms with Crippen LogP contribution >= 0.6 is 0 Å². The summed E-state index contributed by atoms with van der Waals surface area (Å²) >= 11 is 0. The van der Waals surface area contributed by atoms with E-state index in [0.717, 1.165) is 19.6 Å². The fraction of sp³-hybridized carbons (Fsp3) is 0.421. The normalized spacial score (nSPS) is 17.4. The number of nitrogens with zero attached hydrogens (tertiary/aromatic N) is 6. The zero-order chi connectivity index (χ0) is 17.9. The monoisotopic (exact) mass is 352 g/mol. The molecule has 4 rings (SSSR count). The molecule has 0 spiro atoms. The van der Waals surface area contributed by atoms with E-state index in [2.05, 4.69) is 44.6 Å². The van der Waals surface area contributed by atoms with E-state index < -0.39 is 0 Å². The molecule has 7 heteroatoms. The van der Waals surface area contributed by atoms with Crippen LogP contribution in [0.4, 0.5) is 0 Å². The summed E-state index contributed by atoms with van der Waals surface area (Å²) in [6.45, 7) is 7.51. The Labute approximate surface area is 153 Å². The van der Waals surface area contributed by atoms with Gasteiger partial charge in [-0.1, -0.05) is 6.07 Å². The molecule has 1 atom stereocenters. The van der Waals surface area contributed by atoms with Gasteiger partial charge in [0.2, 0.25) is 5.88 Å². The van der Waals surface area contributed by atoms with E-state index in [1.165, 1.54) is 11.3 Å². The van der Waals surface area contributed by atoms with Crippen LogP contribution in [-0.4, -0.2) is 42.4 Å². The highest BCUT2D eigenvalue weighted by Gasteiger charge is 2.26. The molecule has 0 bridgehead atoms. The van der Waals surface area contributed by atoms with Gasteiger partial charge in [-0.25, -0.2) is 9.97 Å². The van der Waals surface area contributed by atoms with Gasteiger partial charge >= 0.3 is 0 Å². The number of hydrogen-bond donors (Lipinski definition) is 0. The number of imidazole rings is 1. The molecule has 1 aliphatic heterocycles. The molecular formula is C19H24N6O. The average molecular weight is 352 g/mol. The van der Waals surface area contributed by atoms with Gasteiger partial charge in [0.05, 0.1) is 24.3 Å². The predicted octanol–water partition coefficient (Wildman–Crippen LogP) is 2.69.